The number of aromatic nitrogens is 1. The van der Waals surface area contributed by atoms with E-state index in [1.165, 1.54) is 7.05 Å². The van der Waals surface area contributed by atoms with Crippen molar-refractivity contribution in [3.8, 4) is 0 Å². The van der Waals surface area contributed by atoms with Gasteiger partial charge in [0.1, 0.15) is 11.6 Å². The van der Waals surface area contributed by atoms with Crippen LogP contribution in [0.3, 0.4) is 0 Å². The van der Waals surface area contributed by atoms with Gasteiger partial charge in [-0.25, -0.2) is 4.98 Å². The molecule has 2 rings (SSSR count). The lowest BCUT2D eigenvalue weighted by Crippen LogP contribution is -2.11. The Kier molecular flexibility index (Phi) is 4.17. The van der Waals surface area contributed by atoms with Crippen molar-refractivity contribution in [2.75, 3.05) is 17.7 Å². The number of nitrogens with one attached hydrogen (secondary N) is 2. The summed E-state index contributed by atoms with van der Waals surface area (Å²) in [6.45, 7) is 1.88. The summed E-state index contributed by atoms with van der Waals surface area (Å²) in [7, 11) is 1.54. The van der Waals surface area contributed by atoms with Gasteiger partial charge < -0.3 is 10.6 Å². The van der Waals surface area contributed by atoms with E-state index < -0.39 is 11.7 Å². The van der Waals surface area contributed by atoms with Crippen molar-refractivity contribution in [2.24, 2.45) is 0 Å². The van der Waals surface area contributed by atoms with Crippen LogP contribution >= 0.6 is 11.3 Å². The number of pyridine rings is 1. The van der Waals surface area contributed by atoms with Crippen LogP contribution in [0.4, 0.5) is 24.8 Å². The Morgan fingerprint density at radius 3 is 2.50 bits per heavy atom. The molecule has 0 saturated carbocycles. The standard InChI is InChI=1S/C13H14F3N3S/c1-8(9-3-4-20-7-9)18-12-6-10(13(14,15)16)5-11(17-2)19-12/h3-8H,1-2H3,(H2,17,18,19). The van der Waals surface area contributed by atoms with E-state index in [-0.39, 0.29) is 17.7 Å². The lowest BCUT2D eigenvalue weighted by atomic mass is 10.2. The van der Waals surface area contributed by atoms with Crippen LogP contribution in [0.1, 0.15) is 24.1 Å². The fraction of sp³-hybridized carbons (Fsp3) is 0.308. The molecule has 0 radical (unpaired) electrons. The lowest BCUT2D eigenvalue weighted by molar-refractivity contribution is -0.137. The van der Waals surface area contributed by atoms with Crippen molar-refractivity contribution in [3.63, 3.8) is 0 Å². The summed E-state index contributed by atoms with van der Waals surface area (Å²) in [5.74, 6) is 0.378. The van der Waals surface area contributed by atoms with Crippen LogP contribution in [0.5, 0.6) is 0 Å². The molecule has 2 aromatic heterocycles. The zero-order valence-corrected chi connectivity index (χ0v) is 11.8. The van der Waals surface area contributed by atoms with E-state index in [0.29, 0.717) is 0 Å². The molecule has 0 amide bonds. The number of hydrogen-bond donors (Lipinski definition) is 2. The lowest BCUT2D eigenvalue weighted by Gasteiger charge is -2.16. The molecule has 1 unspecified atom stereocenters. The summed E-state index contributed by atoms with van der Waals surface area (Å²) in [4.78, 5) is 4.10. The first-order valence-corrected chi connectivity index (χ1v) is 6.90. The van der Waals surface area contributed by atoms with Gasteiger partial charge in [-0.1, -0.05) is 0 Å². The number of alkyl halides is 3. The molecule has 0 aliphatic carbocycles. The van der Waals surface area contributed by atoms with Crippen LogP contribution in [-0.2, 0) is 6.18 Å². The number of rotatable bonds is 4. The molecule has 2 heterocycles. The minimum atomic E-state index is -4.39. The van der Waals surface area contributed by atoms with Gasteiger partial charge in [-0.05, 0) is 41.4 Å². The number of hydrogen-bond acceptors (Lipinski definition) is 4. The molecule has 108 valence electrons. The summed E-state index contributed by atoms with van der Waals surface area (Å²) < 4.78 is 38.4. The van der Waals surface area contributed by atoms with Gasteiger partial charge in [0.2, 0.25) is 0 Å². The molecule has 0 fully saturated rings. The normalized spacial score (nSPS) is 13.1. The van der Waals surface area contributed by atoms with Crippen molar-refractivity contribution in [1.29, 1.82) is 0 Å². The molecule has 0 saturated heterocycles. The molecule has 0 aliphatic heterocycles. The zero-order chi connectivity index (χ0) is 14.8. The third kappa shape index (κ3) is 3.41. The summed E-state index contributed by atoms with van der Waals surface area (Å²) >= 11 is 1.54. The number of thiophene rings is 1. The Morgan fingerprint density at radius 1 is 1.25 bits per heavy atom. The molecule has 2 aromatic rings. The first-order chi connectivity index (χ1) is 9.40. The first kappa shape index (κ1) is 14.6. The van der Waals surface area contributed by atoms with Gasteiger partial charge in [0, 0.05) is 7.05 Å². The SMILES string of the molecule is CNc1cc(C(F)(F)F)cc(NC(C)c2ccsc2)n1. The second-order valence-electron chi connectivity index (χ2n) is 4.30. The maximum atomic E-state index is 12.8. The van der Waals surface area contributed by atoms with Crippen molar-refractivity contribution in [3.05, 3.63) is 40.1 Å². The Morgan fingerprint density at radius 2 is 1.95 bits per heavy atom. The van der Waals surface area contributed by atoms with Crippen LogP contribution < -0.4 is 10.6 Å². The Bertz CT molecular complexity index is 567. The van der Waals surface area contributed by atoms with E-state index in [1.54, 1.807) is 11.3 Å². The summed E-state index contributed by atoms with van der Waals surface area (Å²) in [5, 5.41) is 9.50. The Hall–Kier alpha value is -1.76. The van der Waals surface area contributed by atoms with E-state index in [1.807, 2.05) is 23.8 Å². The number of nitrogens with zero attached hydrogens (tertiary/aromatic N) is 1. The van der Waals surface area contributed by atoms with Crippen molar-refractivity contribution in [1.82, 2.24) is 4.98 Å². The molecule has 3 nitrogen and oxygen atoms in total. The predicted octanol–water partition coefficient (Wildman–Crippen LogP) is 4.38. The second-order valence-corrected chi connectivity index (χ2v) is 5.08. The Labute approximate surface area is 118 Å². The van der Waals surface area contributed by atoms with E-state index in [2.05, 4.69) is 15.6 Å². The van der Waals surface area contributed by atoms with Crippen LogP contribution in [0.15, 0.2) is 29.0 Å². The monoisotopic (exact) mass is 301 g/mol. The molecule has 20 heavy (non-hydrogen) atoms. The van der Waals surface area contributed by atoms with Crippen LogP contribution in [0.2, 0.25) is 0 Å². The summed E-state index contributed by atoms with van der Waals surface area (Å²) in [6, 6.07) is 3.82. The third-order valence-electron chi connectivity index (χ3n) is 2.82. The van der Waals surface area contributed by atoms with E-state index in [9.17, 15) is 13.2 Å². The fourth-order valence-corrected chi connectivity index (χ4v) is 2.48. The van der Waals surface area contributed by atoms with Crippen LogP contribution in [-0.4, -0.2) is 12.0 Å². The smallest absolute Gasteiger partial charge is 0.373 e. The van der Waals surface area contributed by atoms with Gasteiger partial charge in [0.05, 0.1) is 11.6 Å². The fourth-order valence-electron chi connectivity index (χ4n) is 1.72. The molecule has 0 spiro atoms. The van der Waals surface area contributed by atoms with Gasteiger partial charge in [-0.2, -0.15) is 24.5 Å². The molecular formula is C13H14F3N3S. The largest absolute Gasteiger partial charge is 0.416 e. The van der Waals surface area contributed by atoms with E-state index in [0.717, 1.165) is 17.7 Å². The van der Waals surface area contributed by atoms with Crippen molar-refractivity contribution >= 4 is 23.0 Å². The van der Waals surface area contributed by atoms with E-state index in [4.69, 9.17) is 0 Å². The Balaban J connectivity index is 2.27. The van der Waals surface area contributed by atoms with Gasteiger partial charge in [-0.15, -0.1) is 0 Å². The van der Waals surface area contributed by atoms with Crippen molar-refractivity contribution < 1.29 is 13.2 Å². The van der Waals surface area contributed by atoms with Gasteiger partial charge in [0.15, 0.2) is 0 Å². The van der Waals surface area contributed by atoms with Crippen LogP contribution in [0.25, 0.3) is 0 Å². The summed E-state index contributed by atoms with van der Waals surface area (Å²) in [6.07, 6.45) is -4.39. The topological polar surface area (TPSA) is 37.0 Å². The number of halogens is 3. The molecular weight excluding hydrogens is 287 g/mol. The van der Waals surface area contributed by atoms with Gasteiger partial charge in [0.25, 0.3) is 0 Å². The van der Waals surface area contributed by atoms with Gasteiger partial charge in [-0.3, -0.25) is 0 Å². The highest BCUT2D eigenvalue weighted by molar-refractivity contribution is 7.07. The molecule has 7 heteroatoms. The highest BCUT2D eigenvalue weighted by Gasteiger charge is 2.31. The highest BCUT2D eigenvalue weighted by Crippen LogP contribution is 2.32. The average molecular weight is 301 g/mol. The maximum absolute atomic E-state index is 12.8. The first-order valence-electron chi connectivity index (χ1n) is 5.96. The van der Waals surface area contributed by atoms with Crippen LogP contribution in [0, 0.1) is 0 Å². The minimum Gasteiger partial charge on any atom is -0.373 e. The highest BCUT2D eigenvalue weighted by atomic mass is 32.1. The zero-order valence-electron chi connectivity index (χ0n) is 11.0. The van der Waals surface area contributed by atoms with E-state index >= 15 is 0 Å². The molecule has 1 atom stereocenters. The third-order valence-corrected chi connectivity index (χ3v) is 3.52. The quantitative estimate of drug-likeness (QED) is 0.880. The van der Waals surface area contributed by atoms with Crippen molar-refractivity contribution in [2.45, 2.75) is 19.1 Å². The molecule has 0 aromatic carbocycles. The summed E-state index contributed by atoms with van der Waals surface area (Å²) in [5.41, 5.74) is 0.289. The number of anilines is 2. The minimum absolute atomic E-state index is 0.109. The second kappa shape index (κ2) is 5.70. The predicted molar refractivity (Wildman–Crippen MR) is 75.1 cm³/mol. The average Bonchev–Trinajstić information content (AvgIpc) is 2.91. The van der Waals surface area contributed by atoms with Gasteiger partial charge >= 0.3 is 6.18 Å². The maximum Gasteiger partial charge on any atom is 0.416 e. The molecule has 0 bridgehead atoms. The molecule has 2 N–H and O–H groups in total. The molecule has 0 aliphatic rings.